The van der Waals surface area contributed by atoms with Crippen LogP contribution in [0.25, 0.3) is 0 Å². The van der Waals surface area contributed by atoms with Crippen molar-refractivity contribution in [3.63, 3.8) is 0 Å². The molecular weight excluding hydrogens is 257 g/mol. The molecule has 0 atom stereocenters. The molecule has 0 heterocycles. The molecule has 1 saturated carbocycles. The highest BCUT2D eigenvalue weighted by molar-refractivity contribution is 5.94. The number of aliphatic hydroxyl groups is 1. The summed E-state index contributed by atoms with van der Waals surface area (Å²) in [5, 5.41) is 11.6. The van der Waals surface area contributed by atoms with Gasteiger partial charge in [-0.25, -0.2) is 4.39 Å². The number of halogens is 1. The van der Waals surface area contributed by atoms with E-state index in [1.54, 1.807) is 6.07 Å². The van der Waals surface area contributed by atoms with E-state index < -0.39 is 5.82 Å². The molecule has 1 aromatic rings. The van der Waals surface area contributed by atoms with Crippen LogP contribution in [0.1, 0.15) is 48.5 Å². The molecule has 0 unspecified atom stereocenters. The summed E-state index contributed by atoms with van der Waals surface area (Å²) in [7, 11) is 0. The third-order valence-electron chi connectivity index (χ3n) is 3.56. The first kappa shape index (κ1) is 14.5. The minimum Gasteiger partial charge on any atom is -0.395 e. The predicted octanol–water partition coefficient (Wildman–Crippen LogP) is 2.23. The van der Waals surface area contributed by atoms with E-state index in [9.17, 15) is 9.18 Å². The Morgan fingerprint density at radius 1 is 1.50 bits per heavy atom. The Labute approximate surface area is 118 Å². The Bertz CT molecular complexity index is 568. The lowest BCUT2D eigenvalue weighted by molar-refractivity contribution is 0.0850. The highest BCUT2D eigenvalue weighted by atomic mass is 19.1. The molecular formula is C16H18FNO2. The summed E-state index contributed by atoms with van der Waals surface area (Å²) in [4.78, 5) is 12.0. The third kappa shape index (κ3) is 3.37. The maximum absolute atomic E-state index is 13.8. The van der Waals surface area contributed by atoms with Crippen LogP contribution in [0, 0.1) is 17.7 Å². The maximum atomic E-state index is 13.8. The summed E-state index contributed by atoms with van der Waals surface area (Å²) in [6.07, 6.45) is 3.35. The average Bonchev–Trinajstić information content (AvgIpc) is 2.39. The van der Waals surface area contributed by atoms with Crippen molar-refractivity contribution in [1.82, 2.24) is 5.32 Å². The van der Waals surface area contributed by atoms with Crippen LogP contribution < -0.4 is 5.32 Å². The smallest absolute Gasteiger partial charge is 0.251 e. The largest absolute Gasteiger partial charge is 0.395 e. The van der Waals surface area contributed by atoms with Gasteiger partial charge in [0.25, 0.3) is 5.91 Å². The van der Waals surface area contributed by atoms with Gasteiger partial charge in [-0.3, -0.25) is 4.79 Å². The standard InChI is InChI=1S/C16H18FNO2/c1-16(8-4-9-16)18-15(20)13-7-6-12(14(17)11-13)5-2-3-10-19/h6-7,11,19H,3-4,8-10H2,1H3,(H,18,20). The monoisotopic (exact) mass is 275 g/mol. The fourth-order valence-corrected chi connectivity index (χ4v) is 2.15. The van der Waals surface area contributed by atoms with Crippen molar-refractivity contribution < 1.29 is 14.3 Å². The zero-order valence-corrected chi connectivity index (χ0v) is 11.5. The van der Waals surface area contributed by atoms with E-state index >= 15 is 0 Å². The van der Waals surface area contributed by atoms with E-state index in [0.717, 1.165) is 19.3 Å². The van der Waals surface area contributed by atoms with Crippen molar-refractivity contribution in [1.29, 1.82) is 0 Å². The molecule has 1 aliphatic carbocycles. The molecule has 1 aliphatic rings. The van der Waals surface area contributed by atoms with Gasteiger partial charge in [0.15, 0.2) is 0 Å². The number of hydrogen-bond donors (Lipinski definition) is 2. The van der Waals surface area contributed by atoms with Gasteiger partial charge in [0, 0.05) is 17.5 Å². The van der Waals surface area contributed by atoms with E-state index in [1.165, 1.54) is 12.1 Å². The van der Waals surface area contributed by atoms with Crippen LogP contribution in [0.2, 0.25) is 0 Å². The lowest BCUT2D eigenvalue weighted by Crippen LogP contribution is -2.50. The Kier molecular flexibility index (Phi) is 4.41. The topological polar surface area (TPSA) is 49.3 Å². The summed E-state index contributed by atoms with van der Waals surface area (Å²) in [5.41, 5.74) is 0.404. The molecule has 0 bridgehead atoms. The first-order valence-corrected chi connectivity index (χ1v) is 6.76. The van der Waals surface area contributed by atoms with Crippen molar-refractivity contribution in [3.05, 3.63) is 35.1 Å². The number of amides is 1. The lowest BCUT2D eigenvalue weighted by atomic mass is 9.78. The Hall–Kier alpha value is -1.86. The molecule has 0 radical (unpaired) electrons. The number of aliphatic hydroxyl groups excluding tert-OH is 1. The molecule has 20 heavy (non-hydrogen) atoms. The third-order valence-corrected chi connectivity index (χ3v) is 3.56. The second-order valence-corrected chi connectivity index (χ2v) is 5.34. The van der Waals surface area contributed by atoms with Gasteiger partial charge in [0.1, 0.15) is 5.82 Å². The number of nitrogens with one attached hydrogen (secondary N) is 1. The molecule has 2 N–H and O–H groups in total. The zero-order valence-electron chi connectivity index (χ0n) is 11.5. The fourth-order valence-electron chi connectivity index (χ4n) is 2.15. The first-order valence-electron chi connectivity index (χ1n) is 6.76. The van der Waals surface area contributed by atoms with Crippen molar-refractivity contribution in [2.45, 2.75) is 38.1 Å². The average molecular weight is 275 g/mol. The van der Waals surface area contributed by atoms with E-state index in [-0.39, 0.29) is 23.6 Å². The Morgan fingerprint density at radius 3 is 2.80 bits per heavy atom. The SMILES string of the molecule is CC1(NC(=O)c2ccc(C#CCCO)c(F)c2)CCC1. The second kappa shape index (κ2) is 6.06. The first-order chi connectivity index (χ1) is 9.54. The van der Waals surface area contributed by atoms with E-state index in [0.29, 0.717) is 12.0 Å². The van der Waals surface area contributed by atoms with E-state index in [2.05, 4.69) is 17.2 Å². The van der Waals surface area contributed by atoms with Crippen LogP contribution in [0.4, 0.5) is 4.39 Å². The Morgan fingerprint density at radius 2 is 2.25 bits per heavy atom. The number of carbonyl (C=O) groups is 1. The van der Waals surface area contributed by atoms with Gasteiger partial charge in [-0.15, -0.1) is 0 Å². The summed E-state index contributed by atoms with van der Waals surface area (Å²) < 4.78 is 13.8. The molecule has 4 heteroatoms. The van der Waals surface area contributed by atoms with Crippen molar-refractivity contribution in [2.24, 2.45) is 0 Å². The highest BCUT2D eigenvalue weighted by Gasteiger charge is 2.33. The summed E-state index contributed by atoms with van der Waals surface area (Å²) in [5.74, 6) is 4.53. The molecule has 106 valence electrons. The van der Waals surface area contributed by atoms with E-state index in [1.807, 2.05) is 6.92 Å². The normalized spacial score (nSPS) is 15.8. The van der Waals surface area contributed by atoms with Gasteiger partial charge in [-0.2, -0.15) is 0 Å². The van der Waals surface area contributed by atoms with Crippen LogP contribution in [-0.4, -0.2) is 23.2 Å². The van der Waals surface area contributed by atoms with Gasteiger partial charge in [0.05, 0.1) is 12.2 Å². The molecule has 0 saturated heterocycles. The van der Waals surface area contributed by atoms with Gasteiger partial charge < -0.3 is 10.4 Å². The van der Waals surface area contributed by atoms with Crippen molar-refractivity contribution in [2.75, 3.05) is 6.61 Å². The minimum absolute atomic E-state index is 0.0479. The van der Waals surface area contributed by atoms with Gasteiger partial charge in [-0.05, 0) is 44.4 Å². The molecule has 1 aromatic carbocycles. The van der Waals surface area contributed by atoms with Crippen LogP contribution in [0.3, 0.4) is 0 Å². The molecule has 1 amide bonds. The van der Waals surface area contributed by atoms with Crippen LogP contribution in [-0.2, 0) is 0 Å². The van der Waals surface area contributed by atoms with Crippen LogP contribution >= 0.6 is 0 Å². The molecule has 0 aromatic heterocycles. The Balaban J connectivity index is 2.08. The fraction of sp³-hybridized carbons (Fsp3) is 0.438. The van der Waals surface area contributed by atoms with Gasteiger partial charge in [-0.1, -0.05) is 11.8 Å². The van der Waals surface area contributed by atoms with Crippen molar-refractivity contribution in [3.8, 4) is 11.8 Å². The van der Waals surface area contributed by atoms with Gasteiger partial charge in [0.2, 0.25) is 0 Å². The summed E-state index contributed by atoms with van der Waals surface area (Å²) >= 11 is 0. The van der Waals surface area contributed by atoms with Crippen molar-refractivity contribution >= 4 is 5.91 Å². The minimum atomic E-state index is -0.512. The molecule has 0 spiro atoms. The van der Waals surface area contributed by atoms with Crippen LogP contribution in [0.5, 0.6) is 0 Å². The molecule has 3 nitrogen and oxygen atoms in total. The van der Waals surface area contributed by atoms with Gasteiger partial charge >= 0.3 is 0 Å². The number of benzene rings is 1. The van der Waals surface area contributed by atoms with E-state index in [4.69, 9.17) is 5.11 Å². The number of hydrogen-bond acceptors (Lipinski definition) is 2. The lowest BCUT2D eigenvalue weighted by Gasteiger charge is -2.39. The summed E-state index contributed by atoms with van der Waals surface area (Å²) in [6.45, 7) is 1.95. The molecule has 0 aliphatic heterocycles. The zero-order chi connectivity index (χ0) is 14.6. The quantitative estimate of drug-likeness (QED) is 0.831. The highest BCUT2D eigenvalue weighted by Crippen LogP contribution is 2.31. The second-order valence-electron chi connectivity index (χ2n) is 5.34. The number of carbonyl (C=O) groups excluding carboxylic acids is 1. The molecule has 2 rings (SSSR count). The summed E-state index contributed by atoms with van der Waals surface area (Å²) in [6, 6.07) is 4.28. The maximum Gasteiger partial charge on any atom is 0.251 e. The number of rotatable bonds is 3. The predicted molar refractivity (Wildman–Crippen MR) is 74.7 cm³/mol. The van der Waals surface area contributed by atoms with Crippen LogP contribution in [0.15, 0.2) is 18.2 Å². The molecule has 1 fully saturated rings.